The molecule has 2 unspecified atom stereocenters. The number of halogens is 3. The van der Waals surface area contributed by atoms with Crippen molar-refractivity contribution >= 4 is 23.9 Å². The Balaban J connectivity index is 1.66. The third-order valence-electron chi connectivity index (χ3n) is 6.18. The summed E-state index contributed by atoms with van der Waals surface area (Å²) >= 11 is 5.90. The average molecular weight is 429 g/mol. The van der Waals surface area contributed by atoms with E-state index in [-0.39, 0.29) is 25.0 Å². The topological polar surface area (TPSA) is 73.6 Å². The monoisotopic (exact) mass is 428 g/mol. The number of nitrogens with zero attached hydrogens (tertiary/aromatic N) is 1. The van der Waals surface area contributed by atoms with Crippen molar-refractivity contribution in [2.75, 3.05) is 19.7 Å². The van der Waals surface area contributed by atoms with Gasteiger partial charge in [-0.15, -0.1) is 0 Å². The van der Waals surface area contributed by atoms with Gasteiger partial charge >= 0.3 is 5.97 Å². The minimum absolute atomic E-state index is 0.0450. The number of ether oxygens (including phenoxy) is 1. The van der Waals surface area contributed by atoms with E-state index in [1.54, 1.807) is 0 Å². The summed E-state index contributed by atoms with van der Waals surface area (Å²) in [6, 6.07) is 6.04. The molecule has 2 fully saturated rings. The summed E-state index contributed by atoms with van der Waals surface area (Å²) in [6.07, 6.45) is 2.93. The lowest BCUT2D eigenvalue weighted by atomic mass is 9.80. The van der Waals surface area contributed by atoms with Gasteiger partial charge in [0.05, 0.1) is 12.9 Å². The number of hydrogen-bond acceptors (Lipinski definition) is 4. The van der Waals surface area contributed by atoms with Crippen molar-refractivity contribution in [2.24, 2.45) is 11.8 Å². The maximum absolute atomic E-state index is 13.8. The van der Waals surface area contributed by atoms with Gasteiger partial charge in [-0.3, -0.25) is 5.41 Å². The molecule has 0 radical (unpaired) electrons. The van der Waals surface area contributed by atoms with Crippen LogP contribution >= 0.6 is 11.6 Å². The predicted molar refractivity (Wildman–Crippen MR) is 106 cm³/mol. The maximum atomic E-state index is 13.8. The molecule has 0 bridgehead atoms. The minimum atomic E-state index is -2.89. The van der Waals surface area contributed by atoms with Crippen molar-refractivity contribution in [1.29, 1.82) is 5.41 Å². The average Bonchev–Trinajstić information content (AvgIpc) is 3.08. The van der Waals surface area contributed by atoms with Crippen molar-refractivity contribution in [3.8, 4) is 0 Å². The highest BCUT2D eigenvalue weighted by molar-refractivity contribution is 6.30. The number of hydrogen-bond donors (Lipinski definition) is 2. The normalized spacial score (nSPS) is 24.1. The van der Waals surface area contributed by atoms with Crippen LogP contribution in [0.15, 0.2) is 24.3 Å². The molecular formula is C21H27ClF2N2O3. The van der Waals surface area contributed by atoms with Crippen LogP contribution in [0.4, 0.5) is 8.78 Å². The van der Waals surface area contributed by atoms with Gasteiger partial charge in [-0.25, -0.2) is 13.6 Å². The molecule has 29 heavy (non-hydrogen) atoms. The lowest BCUT2D eigenvalue weighted by molar-refractivity contribution is -0.175. The van der Waals surface area contributed by atoms with Gasteiger partial charge in [-0.1, -0.05) is 23.7 Å². The predicted octanol–water partition coefficient (Wildman–Crippen LogP) is 4.22. The van der Waals surface area contributed by atoms with E-state index >= 15 is 0 Å². The molecule has 2 aliphatic rings. The molecule has 1 aromatic rings. The molecule has 1 saturated heterocycles. The van der Waals surface area contributed by atoms with E-state index in [0.717, 1.165) is 25.9 Å². The van der Waals surface area contributed by atoms with Crippen molar-refractivity contribution in [3.63, 3.8) is 0 Å². The van der Waals surface area contributed by atoms with E-state index in [4.69, 9.17) is 21.7 Å². The molecule has 3 rings (SSSR count). The second-order valence-corrected chi connectivity index (χ2v) is 8.54. The first-order chi connectivity index (χ1) is 13.7. The second kappa shape index (κ2) is 8.96. The van der Waals surface area contributed by atoms with Crippen LogP contribution in [-0.2, 0) is 15.1 Å². The Morgan fingerprint density at radius 2 is 1.97 bits per heavy atom. The van der Waals surface area contributed by atoms with Crippen molar-refractivity contribution in [1.82, 2.24) is 4.90 Å². The zero-order valence-electron chi connectivity index (χ0n) is 16.3. The lowest BCUT2D eigenvalue weighted by Crippen LogP contribution is -2.44. The van der Waals surface area contributed by atoms with Gasteiger partial charge in [0.25, 0.3) is 0 Å². The number of aliphatic hydroxyl groups is 1. The summed E-state index contributed by atoms with van der Waals surface area (Å²) in [7, 11) is 0. The van der Waals surface area contributed by atoms with E-state index in [1.165, 1.54) is 30.6 Å². The van der Waals surface area contributed by atoms with Crippen LogP contribution in [0.3, 0.4) is 0 Å². The highest BCUT2D eigenvalue weighted by atomic mass is 35.5. The van der Waals surface area contributed by atoms with Gasteiger partial charge in [0, 0.05) is 36.9 Å². The maximum Gasteiger partial charge on any atom is 0.343 e. The Kier molecular flexibility index (Phi) is 6.79. The van der Waals surface area contributed by atoms with Gasteiger partial charge in [-0.2, -0.15) is 0 Å². The van der Waals surface area contributed by atoms with Gasteiger partial charge in [0.1, 0.15) is 0 Å². The number of rotatable bonds is 7. The molecule has 2 atom stereocenters. The first kappa shape index (κ1) is 22.0. The highest BCUT2D eigenvalue weighted by Gasteiger charge is 2.54. The fourth-order valence-electron chi connectivity index (χ4n) is 4.33. The molecule has 0 amide bonds. The fraction of sp³-hybridized carbons (Fsp3) is 0.619. The number of nitrogens with one attached hydrogen (secondary N) is 1. The van der Waals surface area contributed by atoms with E-state index in [2.05, 4.69) is 0 Å². The van der Waals surface area contributed by atoms with E-state index in [0.29, 0.717) is 17.4 Å². The standard InChI is InChI=1S/C21H27ClF2N2O3/c22-18-3-1-16(2-4-18)21(28,17-5-9-20(23,24)13-17)19(27)29-12-8-15-6-10-26(14-25)11-7-15/h1-4,14-15,17,25,28H,5-13H2. The van der Waals surface area contributed by atoms with Crippen molar-refractivity contribution < 1.29 is 23.4 Å². The highest BCUT2D eigenvalue weighted by Crippen LogP contribution is 2.48. The molecule has 160 valence electrons. The number of alkyl halides is 2. The number of carbonyl (C=O) groups excluding carboxylic acids is 1. The van der Waals surface area contributed by atoms with Gasteiger partial charge < -0.3 is 14.7 Å². The van der Waals surface area contributed by atoms with Gasteiger partial charge in [0.2, 0.25) is 5.92 Å². The Hall–Kier alpha value is -1.73. The summed E-state index contributed by atoms with van der Waals surface area (Å²) < 4.78 is 33.0. The van der Waals surface area contributed by atoms with Crippen LogP contribution in [-0.4, -0.2) is 47.9 Å². The Bertz CT molecular complexity index is 723. The first-order valence-electron chi connectivity index (χ1n) is 10.0. The molecule has 8 heteroatoms. The van der Waals surface area contributed by atoms with Crippen LogP contribution < -0.4 is 0 Å². The quantitative estimate of drug-likeness (QED) is 0.387. The SMILES string of the molecule is N=CN1CCC(CCOC(=O)C(O)(c2ccc(Cl)cc2)C2CCC(F)(F)C2)CC1. The second-order valence-electron chi connectivity index (χ2n) is 8.10. The largest absolute Gasteiger partial charge is 0.463 e. The van der Waals surface area contributed by atoms with Crippen LogP contribution in [0.2, 0.25) is 5.02 Å². The number of benzene rings is 1. The van der Waals surface area contributed by atoms with E-state index < -0.39 is 29.8 Å². The number of piperidine rings is 1. The third kappa shape index (κ3) is 5.07. The number of carbonyl (C=O) groups is 1. The Labute approximate surface area is 174 Å². The molecule has 1 aliphatic carbocycles. The Morgan fingerprint density at radius 1 is 1.31 bits per heavy atom. The summed E-state index contributed by atoms with van der Waals surface area (Å²) in [6.45, 7) is 1.73. The molecule has 1 saturated carbocycles. The minimum Gasteiger partial charge on any atom is -0.463 e. The van der Waals surface area contributed by atoms with E-state index in [9.17, 15) is 18.7 Å². The number of esters is 1. The van der Waals surface area contributed by atoms with Crippen LogP contribution in [0, 0.1) is 17.2 Å². The molecule has 1 heterocycles. The molecule has 1 aromatic carbocycles. The number of likely N-dealkylation sites (tertiary alicyclic amines) is 1. The lowest BCUT2D eigenvalue weighted by Gasteiger charge is -2.33. The summed E-state index contributed by atoms with van der Waals surface area (Å²) in [5, 5.41) is 19.0. The van der Waals surface area contributed by atoms with E-state index in [1.807, 2.05) is 4.90 Å². The zero-order valence-corrected chi connectivity index (χ0v) is 17.0. The van der Waals surface area contributed by atoms with Crippen LogP contribution in [0.25, 0.3) is 0 Å². The van der Waals surface area contributed by atoms with Gasteiger partial charge in [-0.05, 0) is 49.3 Å². The molecule has 0 spiro atoms. The smallest absolute Gasteiger partial charge is 0.343 e. The third-order valence-corrected chi connectivity index (χ3v) is 6.43. The van der Waals surface area contributed by atoms with Crippen LogP contribution in [0.1, 0.15) is 44.1 Å². The van der Waals surface area contributed by atoms with Crippen molar-refractivity contribution in [3.05, 3.63) is 34.9 Å². The molecule has 5 nitrogen and oxygen atoms in total. The van der Waals surface area contributed by atoms with Gasteiger partial charge in [0.15, 0.2) is 5.60 Å². The van der Waals surface area contributed by atoms with Crippen LogP contribution in [0.5, 0.6) is 0 Å². The molecule has 2 N–H and O–H groups in total. The molecule has 1 aliphatic heterocycles. The summed E-state index contributed by atoms with van der Waals surface area (Å²) in [4.78, 5) is 14.8. The Morgan fingerprint density at radius 3 is 2.52 bits per heavy atom. The van der Waals surface area contributed by atoms with Crippen molar-refractivity contribution in [2.45, 2.75) is 50.0 Å². The molecule has 0 aromatic heterocycles. The first-order valence-corrected chi connectivity index (χ1v) is 10.4. The fourth-order valence-corrected chi connectivity index (χ4v) is 4.46. The summed E-state index contributed by atoms with van der Waals surface area (Å²) in [5.41, 5.74) is -1.89. The molecular weight excluding hydrogens is 402 g/mol. The zero-order chi connectivity index (χ0) is 21.1. The summed E-state index contributed by atoms with van der Waals surface area (Å²) in [5.74, 6) is -4.31.